The number of rotatable bonds is 2. The standard InChI is InChI=1S/C31H28O3S/c1-17-11-19(3)29(20(4)12-17)23-7-9-25-27(15-23)35(33,34)28-16-24(8-10-26(28)31(25)32)30-21(5)13-18(2)14-22(30)6/h7-16H,1-6H3. The van der Waals surface area contributed by atoms with E-state index in [1.807, 2.05) is 53.7 Å². The van der Waals surface area contributed by atoms with Gasteiger partial charge in [-0.25, -0.2) is 8.42 Å². The molecule has 0 fully saturated rings. The number of hydrogen-bond donors (Lipinski definition) is 0. The van der Waals surface area contributed by atoms with E-state index in [2.05, 4.69) is 24.3 Å². The van der Waals surface area contributed by atoms with Gasteiger partial charge in [0.15, 0.2) is 5.78 Å². The first-order valence-corrected chi connectivity index (χ1v) is 13.2. The molecule has 0 amide bonds. The van der Waals surface area contributed by atoms with Crippen molar-refractivity contribution in [3.8, 4) is 22.3 Å². The van der Waals surface area contributed by atoms with E-state index in [0.29, 0.717) is 0 Å². The molecule has 176 valence electrons. The molecule has 0 aliphatic carbocycles. The van der Waals surface area contributed by atoms with E-state index in [1.54, 1.807) is 24.3 Å². The quantitative estimate of drug-likeness (QED) is 0.267. The van der Waals surface area contributed by atoms with Crippen molar-refractivity contribution in [3.05, 3.63) is 105 Å². The zero-order chi connectivity index (χ0) is 25.2. The molecule has 1 heterocycles. The Morgan fingerprint density at radius 1 is 0.514 bits per heavy atom. The fourth-order valence-corrected chi connectivity index (χ4v) is 7.41. The van der Waals surface area contributed by atoms with E-state index >= 15 is 0 Å². The average Bonchev–Trinajstić information content (AvgIpc) is 2.76. The highest BCUT2D eigenvalue weighted by atomic mass is 32.2. The van der Waals surface area contributed by atoms with Crippen LogP contribution < -0.4 is 0 Å². The van der Waals surface area contributed by atoms with Crippen LogP contribution in [-0.4, -0.2) is 14.2 Å². The van der Waals surface area contributed by atoms with E-state index in [-0.39, 0.29) is 26.7 Å². The number of fused-ring (bicyclic) bond motifs is 2. The first kappa shape index (κ1) is 23.3. The molecule has 1 aliphatic rings. The molecule has 0 saturated carbocycles. The van der Waals surface area contributed by atoms with Crippen molar-refractivity contribution < 1.29 is 13.2 Å². The van der Waals surface area contributed by atoms with Crippen LogP contribution in [0.4, 0.5) is 0 Å². The normalized spacial score (nSPS) is 13.9. The summed E-state index contributed by atoms with van der Waals surface area (Å²) in [6.07, 6.45) is 0. The molecule has 0 saturated heterocycles. The minimum absolute atomic E-state index is 0.0846. The first-order chi connectivity index (χ1) is 16.5. The predicted molar refractivity (Wildman–Crippen MR) is 141 cm³/mol. The Bertz CT molecular complexity index is 1510. The van der Waals surface area contributed by atoms with Crippen molar-refractivity contribution in [2.45, 2.75) is 51.3 Å². The fraction of sp³-hybridized carbons (Fsp3) is 0.194. The minimum Gasteiger partial charge on any atom is -0.289 e. The summed E-state index contributed by atoms with van der Waals surface area (Å²) in [7, 11) is -3.88. The molecular formula is C31H28O3S. The lowest BCUT2D eigenvalue weighted by Crippen LogP contribution is -2.20. The van der Waals surface area contributed by atoms with E-state index in [4.69, 9.17) is 0 Å². The molecule has 3 nitrogen and oxygen atoms in total. The summed E-state index contributed by atoms with van der Waals surface area (Å²) in [5.41, 5.74) is 10.7. The molecule has 1 aliphatic heterocycles. The number of carbonyl (C=O) groups excluding carboxylic acids is 1. The van der Waals surface area contributed by atoms with E-state index < -0.39 is 9.84 Å². The summed E-state index contributed by atoms with van der Waals surface area (Å²) >= 11 is 0. The third-order valence-electron chi connectivity index (χ3n) is 6.96. The number of carbonyl (C=O) groups is 1. The lowest BCUT2D eigenvalue weighted by molar-refractivity contribution is 0.103. The highest BCUT2D eigenvalue weighted by Gasteiger charge is 2.35. The second-order valence-corrected chi connectivity index (χ2v) is 11.7. The second-order valence-electron chi connectivity index (χ2n) is 9.80. The SMILES string of the molecule is Cc1cc(C)c(-c2ccc3c(c2)S(=O)(=O)c2cc(-c4c(C)cc(C)cc4C)ccc2C3=O)c(C)c1. The van der Waals surface area contributed by atoms with Gasteiger partial charge in [-0.05, 0) is 110 Å². The number of benzene rings is 4. The molecule has 4 aromatic carbocycles. The maximum Gasteiger partial charge on any atom is 0.208 e. The lowest BCUT2D eigenvalue weighted by Gasteiger charge is -2.22. The summed E-state index contributed by atoms with van der Waals surface area (Å²) in [6, 6.07) is 18.7. The molecular weight excluding hydrogens is 452 g/mol. The van der Waals surface area contributed by atoms with Crippen molar-refractivity contribution in [3.63, 3.8) is 0 Å². The predicted octanol–water partition coefficient (Wildman–Crippen LogP) is 7.25. The monoisotopic (exact) mass is 480 g/mol. The average molecular weight is 481 g/mol. The van der Waals surface area contributed by atoms with Crippen LogP contribution in [0.3, 0.4) is 0 Å². The molecule has 5 rings (SSSR count). The summed E-state index contributed by atoms with van der Waals surface area (Å²) in [5.74, 6) is -0.252. The van der Waals surface area contributed by atoms with Gasteiger partial charge in [0.1, 0.15) is 0 Å². The van der Waals surface area contributed by atoms with Crippen molar-refractivity contribution >= 4 is 15.6 Å². The molecule has 0 bridgehead atoms. The van der Waals surface area contributed by atoms with Gasteiger partial charge in [-0.1, -0.05) is 47.5 Å². The van der Waals surface area contributed by atoms with Crippen molar-refractivity contribution in [2.75, 3.05) is 0 Å². The van der Waals surface area contributed by atoms with Gasteiger partial charge in [-0.3, -0.25) is 4.79 Å². The number of ketones is 1. The molecule has 35 heavy (non-hydrogen) atoms. The maximum atomic E-state index is 13.9. The van der Waals surface area contributed by atoms with Gasteiger partial charge in [0.25, 0.3) is 0 Å². The summed E-state index contributed by atoms with van der Waals surface area (Å²) in [5, 5.41) is 0. The zero-order valence-electron chi connectivity index (χ0n) is 20.9. The molecule has 0 aromatic heterocycles. The highest BCUT2D eigenvalue weighted by Crippen LogP contribution is 2.40. The maximum absolute atomic E-state index is 13.9. The fourth-order valence-electron chi connectivity index (χ4n) is 5.71. The van der Waals surface area contributed by atoms with Gasteiger partial charge >= 0.3 is 0 Å². The largest absolute Gasteiger partial charge is 0.289 e. The van der Waals surface area contributed by atoms with Crippen LogP contribution in [0, 0.1) is 41.5 Å². The highest BCUT2D eigenvalue weighted by molar-refractivity contribution is 7.91. The molecule has 0 atom stereocenters. The number of aryl methyl sites for hydroxylation is 6. The van der Waals surface area contributed by atoms with Crippen LogP contribution in [0.5, 0.6) is 0 Å². The Balaban J connectivity index is 1.72. The Morgan fingerprint density at radius 2 is 0.857 bits per heavy atom. The van der Waals surface area contributed by atoms with Gasteiger partial charge < -0.3 is 0 Å². The Kier molecular flexibility index (Phi) is 5.33. The van der Waals surface area contributed by atoms with E-state index in [1.165, 1.54) is 0 Å². The molecule has 4 heteroatoms. The van der Waals surface area contributed by atoms with Crippen molar-refractivity contribution in [1.29, 1.82) is 0 Å². The Labute approximate surface area is 207 Å². The van der Waals surface area contributed by atoms with Crippen LogP contribution in [0.15, 0.2) is 70.5 Å². The molecule has 4 aromatic rings. The van der Waals surface area contributed by atoms with Crippen LogP contribution in [0.1, 0.15) is 49.3 Å². The molecule has 0 unspecified atom stereocenters. The van der Waals surface area contributed by atoms with Crippen molar-refractivity contribution in [1.82, 2.24) is 0 Å². The smallest absolute Gasteiger partial charge is 0.208 e. The van der Waals surface area contributed by atoms with Crippen LogP contribution in [0.25, 0.3) is 22.3 Å². The van der Waals surface area contributed by atoms with E-state index in [9.17, 15) is 13.2 Å². The molecule has 0 radical (unpaired) electrons. The van der Waals surface area contributed by atoms with Gasteiger partial charge in [-0.15, -0.1) is 0 Å². The summed E-state index contributed by atoms with van der Waals surface area (Å²) in [6.45, 7) is 12.2. The summed E-state index contributed by atoms with van der Waals surface area (Å²) < 4.78 is 27.8. The van der Waals surface area contributed by atoms with Crippen molar-refractivity contribution in [2.24, 2.45) is 0 Å². The van der Waals surface area contributed by atoms with Gasteiger partial charge in [0, 0.05) is 11.1 Å². The summed E-state index contributed by atoms with van der Waals surface area (Å²) in [4.78, 5) is 13.6. The minimum atomic E-state index is -3.88. The Morgan fingerprint density at radius 3 is 1.20 bits per heavy atom. The van der Waals surface area contributed by atoms with Crippen LogP contribution >= 0.6 is 0 Å². The molecule has 0 spiro atoms. The molecule has 0 N–H and O–H groups in total. The lowest BCUT2D eigenvalue weighted by atomic mass is 9.91. The van der Waals surface area contributed by atoms with Gasteiger partial charge in [0.05, 0.1) is 9.79 Å². The second kappa shape index (κ2) is 8.03. The van der Waals surface area contributed by atoms with Crippen LogP contribution in [-0.2, 0) is 9.84 Å². The van der Waals surface area contributed by atoms with E-state index in [0.717, 1.165) is 55.6 Å². The first-order valence-electron chi connectivity index (χ1n) is 11.7. The van der Waals surface area contributed by atoms with Gasteiger partial charge in [0.2, 0.25) is 9.84 Å². The number of sulfone groups is 1. The Hall–Kier alpha value is -3.50. The zero-order valence-corrected chi connectivity index (χ0v) is 21.7. The topological polar surface area (TPSA) is 51.2 Å². The van der Waals surface area contributed by atoms with Gasteiger partial charge in [-0.2, -0.15) is 0 Å². The third-order valence-corrected chi connectivity index (χ3v) is 8.80. The van der Waals surface area contributed by atoms with Crippen LogP contribution in [0.2, 0.25) is 0 Å². The number of hydrogen-bond acceptors (Lipinski definition) is 3. The third kappa shape index (κ3) is 3.64.